The molecule has 0 spiro atoms. The number of thioether (sulfide) groups is 1. The van der Waals surface area contributed by atoms with Crippen LogP contribution in [-0.2, 0) is 4.79 Å². The van der Waals surface area contributed by atoms with E-state index in [2.05, 4.69) is 10.3 Å². The van der Waals surface area contributed by atoms with E-state index >= 15 is 0 Å². The van der Waals surface area contributed by atoms with E-state index in [1.165, 1.54) is 11.8 Å². The van der Waals surface area contributed by atoms with Gasteiger partial charge in [-0.05, 0) is 53.9 Å². The molecule has 106 valence electrons. The molecule has 0 radical (unpaired) electrons. The highest BCUT2D eigenvalue weighted by Crippen LogP contribution is 2.30. The van der Waals surface area contributed by atoms with Crippen molar-refractivity contribution < 1.29 is 4.79 Å². The lowest BCUT2D eigenvalue weighted by Gasteiger charge is -2.01. The molecule has 1 fully saturated rings. The fourth-order valence-electron chi connectivity index (χ4n) is 1.80. The first kappa shape index (κ1) is 14.4. The molecular formula is C15H11ClN2OS2. The van der Waals surface area contributed by atoms with Gasteiger partial charge in [0.25, 0.3) is 5.91 Å². The number of hydrogen-bond acceptors (Lipinski definition) is 4. The van der Waals surface area contributed by atoms with Crippen molar-refractivity contribution in [1.29, 1.82) is 0 Å². The predicted octanol–water partition coefficient (Wildman–Crippen LogP) is 4.60. The van der Waals surface area contributed by atoms with Gasteiger partial charge < -0.3 is 5.32 Å². The zero-order chi connectivity index (χ0) is 14.8. The maximum atomic E-state index is 12.0. The average molecular weight is 335 g/mol. The Bertz CT molecular complexity index is 751. The van der Waals surface area contributed by atoms with Gasteiger partial charge in [-0.15, -0.1) is 11.3 Å². The molecule has 0 unspecified atom stereocenters. The number of carbonyl (C=O) groups excluding carboxylic acids is 1. The number of nitrogens with one attached hydrogen (secondary N) is 1. The molecule has 1 saturated heterocycles. The van der Waals surface area contributed by atoms with Gasteiger partial charge in [-0.25, -0.2) is 4.99 Å². The molecule has 3 rings (SSSR count). The topological polar surface area (TPSA) is 41.5 Å². The Morgan fingerprint density at radius 3 is 2.95 bits per heavy atom. The molecule has 1 amide bonds. The van der Waals surface area contributed by atoms with E-state index in [1.54, 1.807) is 17.4 Å². The van der Waals surface area contributed by atoms with Gasteiger partial charge in [0.05, 0.1) is 10.6 Å². The monoisotopic (exact) mass is 334 g/mol. The van der Waals surface area contributed by atoms with Crippen LogP contribution in [0.1, 0.15) is 10.4 Å². The maximum Gasteiger partial charge on any atom is 0.264 e. The van der Waals surface area contributed by atoms with Gasteiger partial charge in [-0.1, -0.05) is 23.7 Å². The molecule has 1 aliphatic rings. The van der Waals surface area contributed by atoms with Crippen molar-refractivity contribution in [2.75, 3.05) is 0 Å². The summed E-state index contributed by atoms with van der Waals surface area (Å²) in [6.45, 7) is 1.96. The van der Waals surface area contributed by atoms with E-state index in [0.717, 1.165) is 16.1 Å². The van der Waals surface area contributed by atoms with Crippen LogP contribution in [0.2, 0.25) is 5.02 Å². The molecule has 0 saturated carbocycles. The first-order valence-electron chi connectivity index (χ1n) is 6.21. The molecule has 2 heterocycles. The van der Waals surface area contributed by atoms with Crippen molar-refractivity contribution in [1.82, 2.24) is 5.32 Å². The van der Waals surface area contributed by atoms with Crippen LogP contribution in [0.3, 0.4) is 0 Å². The second-order valence-corrected chi connectivity index (χ2v) is 6.87. The maximum absolute atomic E-state index is 12.0. The summed E-state index contributed by atoms with van der Waals surface area (Å²) in [5.74, 6) is -0.119. The lowest BCUT2D eigenvalue weighted by Crippen LogP contribution is -2.19. The van der Waals surface area contributed by atoms with E-state index in [9.17, 15) is 4.79 Å². The Labute approximate surface area is 135 Å². The van der Waals surface area contributed by atoms with Gasteiger partial charge in [-0.3, -0.25) is 4.79 Å². The van der Waals surface area contributed by atoms with Gasteiger partial charge in [0, 0.05) is 9.90 Å². The molecule has 0 bridgehead atoms. The first-order chi connectivity index (χ1) is 10.1. The van der Waals surface area contributed by atoms with E-state index in [1.807, 2.05) is 42.6 Å². The number of amides is 1. The average Bonchev–Trinajstić information content (AvgIpc) is 3.06. The van der Waals surface area contributed by atoms with Crippen molar-refractivity contribution >= 4 is 57.5 Å². The predicted molar refractivity (Wildman–Crippen MR) is 91.3 cm³/mol. The highest BCUT2D eigenvalue weighted by atomic mass is 35.5. The van der Waals surface area contributed by atoms with E-state index in [4.69, 9.17) is 11.6 Å². The summed E-state index contributed by atoms with van der Waals surface area (Å²) in [4.78, 5) is 18.1. The fourth-order valence-corrected chi connectivity index (χ4v) is 3.52. The van der Waals surface area contributed by atoms with Crippen LogP contribution < -0.4 is 5.32 Å². The minimum atomic E-state index is -0.119. The van der Waals surface area contributed by atoms with Crippen LogP contribution >= 0.6 is 34.7 Å². The number of aryl methyl sites for hydroxylation is 1. The standard InChI is InChI=1S/C15H11ClN2OS2/c1-9-4-5-10(16)7-12(9)17-15-18-14(19)13(21-15)8-11-3-2-6-20-11/h2-8H,1H3,(H,17,18,19)/b13-8-. The van der Waals surface area contributed by atoms with Crippen molar-refractivity contribution in [2.45, 2.75) is 6.92 Å². The minimum Gasteiger partial charge on any atom is -0.300 e. The Balaban J connectivity index is 1.87. The smallest absolute Gasteiger partial charge is 0.264 e. The molecule has 3 nitrogen and oxygen atoms in total. The van der Waals surface area contributed by atoms with Crippen LogP contribution in [0.5, 0.6) is 0 Å². The number of thiophene rings is 1. The zero-order valence-electron chi connectivity index (χ0n) is 11.1. The Morgan fingerprint density at radius 1 is 1.33 bits per heavy atom. The summed E-state index contributed by atoms with van der Waals surface area (Å²) in [6.07, 6.45) is 1.87. The number of nitrogens with zero attached hydrogens (tertiary/aromatic N) is 1. The largest absolute Gasteiger partial charge is 0.300 e. The van der Waals surface area contributed by atoms with Gasteiger partial charge in [-0.2, -0.15) is 0 Å². The molecule has 0 atom stereocenters. The summed E-state index contributed by atoms with van der Waals surface area (Å²) in [6, 6.07) is 9.45. The quantitative estimate of drug-likeness (QED) is 0.815. The number of benzene rings is 1. The summed E-state index contributed by atoms with van der Waals surface area (Å²) in [5.41, 5.74) is 1.78. The number of hydrogen-bond donors (Lipinski definition) is 1. The van der Waals surface area contributed by atoms with E-state index in [0.29, 0.717) is 15.1 Å². The highest BCUT2D eigenvalue weighted by Gasteiger charge is 2.24. The van der Waals surface area contributed by atoms with Crippen molar-refractivity contribution in [3.63, 3.8) is 0 Å². The Hall–Kier alpha value is -1.56. The van der Waals surface area contributed by atoms with E-state index in [-0.39, 0.29) is 5.91 Å². The molecule has 1 N–H and O–H groups in total. The third kappa shape index (κ3) is 3.37. The van der Waals surface area contributed by atoms with Gasteiger partial charge in [0.2, 0.25) is 0 Å². The lowest BCUT2D eigenvalue weighted by atomic mass is 10.2. The summed E-state index contributed by atoms with van der Waals surface area (Å²) in [5, 5.41) is 5.96. The first-order valence-corrected chi connectivity index (χ1v) is 8.28. The second-order valence-electron chi connectivity index (χ2n) is 4.43. The number of amidine groups is 1. The SMILES string of the molecule is Cc1ccc(Cl)cc1N=C1NC(=O)/C(=C/c2cccs2)S1. The zero-order valence-corrected chi connectivity index (χ0v) is 13.5. The Kier molecular flexibility index (Phi) is 4.14. The highest BCUT2D eigenvalue weighted by molar-refractivity contribution is 8.18. The molecule has 1 aliphatic heterocycles. The second kappa shape index (κ2) is 6.05. The number of rotatable bonds is 2. The third-order valence-corrected chi connectivity index (χ3v) is 4.82. The van der Waals surface area contributed by atoms with Gasteiger partial charge in [0.15, 0.2) is 5.17 Å². The molecule has 1 aromatic heterocycles. The van der Waals surface area contributed by atoms with Crippen molar-refractivity contribution in [3.8, 4) is 0 Å². The van der Waals surface area contributed by atoms with Gasteiger partial charge >= 0.3 is 0 Å². The summed E-state index contributed by atoms with van der Waals surface area (Å²) < 4.78 is 0. The molecule has 21 heavy (non-hydrogen) atoms. The fraction of sp³-hybridized carbons (Fsp3) is 0.0667. The van der Waals surface area contributed by atoms with Crippen LogP contribution in [0.25, 0.3) is 6.08 Å². The van der Waals surface area contributed by atoms with Crippen LogP contribution in [-0.4, -0.2) is 11.1 Å². The summed E-state index contributed by atoms with van der Waals surface area (Å²) >= 11 is 8.92. The van der Waals surface area contributed by atoms with Crippen molar-refractivity contribution in [3.05, 3.63) is 56.1 Å². The van der Waals surface area contributed by atoms with Crippen LogP contribution in [0, 0.1) is 6.92 Å². The molecule has 1 aromatic carbocycles. The number of aliphatic imine (C=N–C) groups is 1. The van der Waals surface area contributed by atoms with Crippen LogP contribution in [0.4, 0.5) is 5.69 Å². The van der Waals surface area contributed by atoms with Gasteiger partial charge in [0.1, 0.15) is 0 Å². The molecular weight excluding hydrogens is 324 g/mol. The van der Waals surface area contributed by atoms with Crippen molar-refractivity contribution in [2.24, 2.45) is 4.99 Å². The Morgan fingerprint density at radius 2 is 2.19 bits per heavy atom. The molecule has 0 aliphatic carbocycles. The van der Waals surface area contributed by atoms with Crippen LogP contribution in [0.15, 0.2) is 45.6 Å². The summed E-state index contributed by atoms with van der Waals surface area (Å²) in [7, 11) is 0. The number of carbonyl (C=O) groups is 1. The lowest BCUT2D eigenvalue weighted by molar-refractivity contribution is -0.115. The minimum absolute atomic E-state index is 0.119. The van der Waals surface area contributed by atoms with E-state index < -0.39 is 0 Å². The molecule has 6 heteroatoms. The number of halogens is 1. The third-order valence-electron chi connectivity index (χ3n) is 2.86. The normalized spacial score (nSPS) is 18.5. The molecule has 2 aromatic rings.